The third-order valence-corrected chi connectivity index (χ3v) is 3.99. The van der Waals surface area contributed by atoms with Crippen LogP contribution in [-0.2, 0) is 0 Å². The topological polar surface area (TPSA) is 0 Å². The monoisotopic (exact) mass is 202 g/mol. The van der Waals surface area contributed by atoms with Crippen molar-refractivity contribution in [3.8, 4) is 0 Å². The van der Waals surface area contributed by atoms with E-state index in [4.69, 9.17) is 11.6 Å². The molecule has 4 atom stereocenters. The zero-order chi connectivity index (χ0) is 10.0. The van der Waals surface area contributed by atoms with Crippen molar-refractivity contribution >= 4 is 11.6 Å². The van der Waals surface area contributed by atoms with E-state index in [2.05, 4.69) is 27.7 Å². The van der Waals surface area contributed by atoms with Crippen LogP contribution in [0.1, 0.15) is 47.0 Å². The quantitative estimate of drug-likeness (QED) is 0.585. The Morgan fingerprint density at radius 2 is 1.69 bits per heavy atom. The van der Waals surface area contributed by atoms with Crippen molar-refractivity contribution in [2.75, 3.05) is 0 Å². The van der Waals surface area contributed by atoms with Crippen LogP contribution in [0.15, 0.2) is 0 Å². The highest BCUT2D eigenvalue weighted by Gasteiger charge is 2.33. The average molecular weight is 203 g/mol. The van der Waals surface area contributed by atoms with Crippen LogP contribution in [-0.4, -0.2) is 5.38 Å². The Hall–Kier alpha value is 0.290. The Kier molecular flexibility index (Phi) is 4.09. The van der Waals surface area contributed by atoms with Crippen LogP contribution in [0.2, 0.25) is 0 Å². The van der Waals surface area contributed by atoms with Crippen LogP contribution in [0.5, 0.6) is 0 Å². The Morgan fingerprint density at radius 1 is 1.08 bits per heavy atom. The molecule has 0 aromatic heterocycles. The molecule has 0 saturated heterocycles. The first-order valence-electron chi connectivity index (χ1n) is 5.66. The second-order valence-electron chi connectivity index (χ2n) is 5.17. The van der Waals surface area contributed by atoms with Gasteiger partial charge in [-0.1, -0.05) is 27.2 Å². The van der Waals surface area contributed by atoms with Gasteiger partial charge in [-0.25, -0.2) is 0 Å². The number of rotatable bonds is 2. The number of alkyl halides is 1. The van der Waals surface area contributed by atoms with Crippen molar-refractivity contribution in [1.82, 2.24) is 0 Å². The standard InChI is InChI=1S/C12H23Cl/c1-8(2)11-6-5-9(3)7-12(11)10(4)13/h8-12H,5-7H2,1-4H3. The molecule has 0 N–H and O–H groups in total. The highest BCUT2D eigenvalue weighted by Crippen LogP contribution is 2.40. The molecule has 0 spiro atoms. The predicted molar refractivity (Wildman–Crippen MR) is 60.1 cm³/mol. The van der Waals surface area contributed by atoms with E-state index in [1.165, 1.54) is 19.3 Å². The molecular weight excluding hydrogens is 180 g/mol. The molecule has 0 radical (unpaired) electrons. The van der Waals surface area contributed by atoms with Gasteiger partial charge in [-0.3, -0.25) is 0 Å². The third kappa shape index (κ3) is 2.87. The van der Waals surface area contributed by atoms with Crippen molar-refractivity contribution in [3.05, 3.63) is 0 Å². The van der Waals surface area contributed by atoms with Crippen LogP contribution >= 0.6 is 11.6 Å². The molecule has 0 bridgehead atoms. The summed E-state index contributed by atoms with van der Waals surface area (Å²) in [4.78, 5) is 0. The highest BCUT2D eigenvalue weighted by atomic mass is 35.5. The summed E-state index contributed by atoms with van der Waals surface area (Å²) >= 11 is 6.26. The summed E-state index contributed by atoms with van der Waals surface area (Å²) in [6, 6.07) is 0. The number of hydrogen-bond donors (Lipinski definition) is 0. The van der Waals surface area contributed by atoms with Gasteiger partial charge in [0.25, 0.3) is 0 Å². The molecule has 0 amide bonds. The lowest BCUT2D eigenvalue weighted by Gasteiger charge is -2.38. The predicted octanol–water partition coefficient (Wildman–Crippen LogP) is 4.32. The zero-order valence-electron chi connectivity index (χ0n) is 9.39. The van der Waals surface area contributed by atoms with Crippen LogP contribution < -0.4 is 0 Å². The van der Waals surface area contributed by atoms with E-state index in [1.807, 2.05) is 0 Å². The summed E-state index contributed by atoms with van der Waals surface area (Å²) in [5.41, 5.74) is 0. The second kappa shape index (κ2) is 4.68. The fourth-order valence-electron chi connectivity index (χ4n) is 2.80. The molecule has 4 unspecified atom stereocenters. The molecule has 13 heavy (non-hydrogen) atoms. The van der Waals surface area contributed by atoms with E-state index >= 15 is 0 Å². The van der Waals surface area contributed by atoms with Gasteiger partial charge < -0.3 is 0 Å². The van der Waals surface area contributed by atoms with Crippen LogP contribution in [0.3, 0.4) is 0 Å². The van der Waals surface area contributed by atoms with E-state index in [0.29, 0.717) is 5.38 Å². The third-order valence-electron chi connectivity index (χ3n) is 3.66. The fourth-order valence-corrected chi connectivity index (χ4v) is 3.09. The summed E-state index contributed by atoms with van der Waals surface area (Å²) in [6.07, 6.45) is 4.14. The summed E-state index contributed by atoms with van der Waals surface area (Å²) < 4.78 is 0. The minimum Gasteiger partial charge on any atom is -0.123 e. The van der Waals surface area contributed by atoms with Crippen molar-refractivity contribution in [3.63, 3.8) is 0 Å². The van der Waals surface area contributed by atoms with Crippen molar-refractivity contribution < 1.29 is 0 Å². The van der Waals surface area contributed by atoms with Crippen molar-refractivity contribution in [1.29, 1.82) is 0 Å². The maximum atomic E-state index is 6.26. The van der Waals surface area contributed by atoms with E-state index in [9.17, 15) is 0 Å². The average Bonchev–Trinajstić information content (AvgIpc) is 2.03. The molecule has 1 saturated carbocycles. The molecule has 0 aromatic carbocycles. The maximum absolute atomic E-state index is 6.26. The molecule has 1 aliphatic carbocycles. The largest absolute Gasteiger partial charge is 0.123 e. The SMILES string of the molecule is CC1CCC(C(C)C)C(C(C)Cl)C1. The van der Waals surface area contributed by atoms with Gasteiger partial charge in [-0.05, 0) is 43.4 Å². The molecule has 0 heterocycles. The second-order valence-corrected chi connectivity index (χ2v) is 5.86. The van der Waals surface area contributed by atoms with Gasteiger partial charge in [0.1, 0.15) is 0 Å². The first-order chi connectivity index (χ1) is 6.02. The molecule has 0 aliphatic heterocycles. The molecule has 78 valence electrons. The Morgan fingerprint density at radius 3 is 2.15 bits per heavy atom. The highest BCUT2D eigenvalue weighted by molar-refractivity contribution is 6.20. The van der Waals surface area contributed by atoms with Crippen LogP contribution in [0, 0.1) is 23.7 Å². The molecule has 0 nitrogen and oxygen atoms in total. The smallest absolute Gasteiger partial charge is 0.0338 e. The van der Waals surface area contributed by atoms with E-state index in [-0.39, 0.29) is 0 Å². The Labute approximate surface area is 88.1 Å². The first kappa shape index (κ1) is 11.4. The Balaban J connectivity index is 2.60. The normalized spacial score (nSPS) is 37.8. The lowest BCUT2D eigenvalue weighted by molar-refractivity contribution is 0.143. The van der Waals surface area contributed by atoms with E-state index < -0.39 is 0 Å². The minimum absolute atomic E-state index is 0.357. The summed E-state index contributed by atoms with van der Waals surface area (Å²) in [6.45, 7) is 9.21. The molecular formula is C12H23Cl. The molecule has 1 aliphatic rings. The van der Waals surface area contributed by atoms with Crippen LogP contribution in [0.25, 0.3) is 0 Å². The van der Waals surface area contributed by atoms with Crippen LogP contribution in [0.4, 0.5) is 0 Å². The van der Waals surface area contributed by atoms with Gasteiger partial charge in [-0.2, -0.15) is 0 Å². The van der Waals surface area contributed by atoms with E-state index in [0.717, 1.165) is 23.7 Å². The molecule has 1 heteroatoms. The molecule has 1 rings (SSSR count). The van der Waals surface area contributed by atoms with Gasteiger partial charge in [-0.15, -0.1) is 11.6 Å². The van der Waals surface area contributed by atoms with Gasteiger partial charge in [0.2, 0.25) is 0 Å². The summed E-state index contributed by atoms with van der Waals surface area (Å²) in [7, 11) is 0. The lowest BCUT2D eigenvalue weighted by atomic mass is 9.69. The summed E-state index contributed by atoms with van der Waals surface area (Å²) in [5.74, 6) is 3.31. The first-order valence-corrected chi connectivity index (χ1v) is 6.10. The minimum atomic E-state index is 0.357. The van der Waals surface area contributed by atoms with Crippen molar-refractivity contribution in [2.45, 2.75) is 52.3 Å². The van der Waals surface area contributed by atoms with Gasteiger partial charge >= 0.3 is 0 Å². The number of hydrogen-bond acceptors (Lipinski definition) is 0. The van der Waals surface area contributed by atoms with E-state index in [1.54, 1.807) is 0 Å². The van der Waals surface area contributed by atoms with Gasteiger partial charge in [0, 0.05) is 5.38 Å². The lowest BCUT2D eigenvalue weighted by Crippen LogP contribution is -2.32. The number of halogens is 1. The Bertz CT molecular complexity index is 151. The molecule has 0 aromatic rings. The van der Waals surface area contributed by atoms with Gasteiger partial charge in [0.15, 0.2) is 0 Å². The maximum Gasteiger partial charge on any atom is 0.0338 e. The van der Waals surface area contributed by atoms with Crippen molar-refractivity contribution in [2.24, 2.45) is 23.7 Å². The summed E-state index contributed by atoms with van der Waals surface area (Å²) in [5, 5.41) is 0.357. The zero-order valence-corrected chi connectivity index (χ0v) is 10.1. The van der Waals surface area contributed by atoms with Gasteiger partial charge in [0.05, 0.1) is 0 Å². The molecule has 1 fully saturated rings. The fraction of sp³-hybridized carbons (Fsp3) is 1.00.